The standard InChI is InChI=1S/C13H27NO/c1-4-6-13(7-8-13)10-14-9-12(3,5-2)11-15/h14-15H,4-11H2,1-3H3. The Morgan fingerprint density at radius 3 is 2.40 bits per heavy atom. The smallest absolute Gasteiger partial charge is 0.0496 e. The lowest BCUT2D eigenvalue weighted by Gasteiger charge is -2.27. The molecule has 1 rings (SSSR count). The molecule has 1 aliphatic carbocycles. The molecule has 1 atom stereocenters. The molecule has 0 bridgehead atoms. The maximum atomic E-state index is 9.29. The number of nitrogens with one attached hydrogen (secondary N) is 1. The fraction of sp³-hybridized carbons (Fsp3) is 1.00. The Kier molecular flexibility index (Phi) is 4.60. The first kappa shape index (κ1) is 13.0. The van der Waals surface area contributed by atoms with Crippen molar-refractivity contribution < 1.29 is 5.11 Å². The number of hydrogen-bond donors (Lipinski definition) is 2. The van der Waals surface area contributed by atoms with Crippen molar-refractivity contribution in [2.75, 3.05) is 19.7 Å². The van der Waals surface area contributed by atoms with Crippen molar-refractivity contribution in [3.8, 4) is 0 Å². The van der Waals surface area contributed by atoms with E-state index < -0.39 is 0 Å². The van der Waals surface area contributed by atoms with Crippen LogP contribution in [0.3, 0.4) is 0 Å². The van der Waals surface area contributed by atoms with Crippen molar-refractivity contribution in [1.82, 2.24) is 5.32 Å². The zero-order valence-corrected chi connectivity index (χ0v) is 10.6. The minimum Gasteiger partial charge on any atom is -0.396 e. The highest BCUT2D eigenvalue weighted by Gasteiger charge is 2.41. The predicted molar refractivity (Wildman–Crippen MR) is 64.9 cm³/mol. The first-order valence-corrected chi connectivity index (χ1v) is 6.41. The lowest BCUT2D eigenvalue weighted by Crippen LogP contribution is -2.37. The van der Waals surface area contributed by atoms with Crippen LogP contribution in [0.2, 0.25) is 0 Å². The summed E-state index contributed by atoms with van der Waals surface area (Å²) in [6, 6.07) is 0. The minimum atomic E-state index is 0.0717. The van der Waals surface area contributed by atoms with Gasteiger partial charge in [0.1, 0.15) is 0 Å². The van der Waals surface area contributed by atoms with E-state index in [0.29, 0.717) is 5.41 Å². The molecule has 1 unspecified atom stereocenters. The van der Waals surface area contributed by atoms with Gasteiger partial charge in [-0.05, 0) is 31.1 Å². The first-order valence-electron chi connectivity index (χ1n) is 6.41. The molecule has 0 saturated heterocycles. The molecular formula is C13H27NO. The molecule has 1 fully saturated rings. The summed E-state index contributed by atoms with van der Waals surface area (Å²) in [7, 11) is 0. The van der Waals surface area contributed by atoms with E-state index in [1.54, 1.807) is 0 Å². The van der Waals surface area contributed by atoms with Crippen molar-refractivity contribution in [2.24, 2.45) is 10.8 Å². The highest BCUT2D eigenvalue weighted by Crippen LogP contribution is 2.48. The number of aliphatic hydroxyl groups excluding tert-OH is 1. The molecule has 1 aliphatic rings. The van der Waals surface area contributed by atoms with Crippen LogP contribution in [-0.2, 0) is 0 Å². The Bertz CT molecular complexity index is 183. The van der Waals surface area contributed by atoms with Crippen LogP contribution in [-0.4, -0.2) is 24.8 Å². The molecule has 0 aromatic rings. The number of rotatable bonds is 8. The van der Waals surface area contributed by atoms with Gasteiger partial charge in [0.15, 0.2) is 0 Å². The first-order chi connectivity index (χ1) is 7.10. The summed E-state index contributed by atoms with van der Waals surface area (Å²) < 4.78 is 0. The molecule has 0 aromatic heterocycles. The molecular weight excluding hydrogens is 186 g/mol. The Morgan fingerprint density at radius 2 is 2.00 bits per heavy atom. The molecule has 0 amide bonds. The fourth-order valence-electron chi connectivity index (χ4n) is 2.14. The summed E-state index contributed by atoms with van der Waals surface area (Å²) in [6.45, 7) is 8.96. The molecule has 2 heteroatoms. The molecule has 0 radical (unpaired) electrons. The lowest BCUT2D eigenvalue weighted by atomic mass is 9.88. The summed E-state index contributed by atoms with van der Waals surface area (Å²) in [5.41, 5.74) is 0.696. The number of aliphatic hydroxyl groups is 1. The molecule has 0 aliphatic heterocycles. The molecule has 90 valence electrons. The average Bonchev–Trinajstić information content (AvgIpc) is 2.99. The topological polar surface area (TPSA) is 32.3 Å². The summed E-state index contributed by atoms with van der Waals surface area (Å²) in [4.78, 5) is 0. The maximum Gasteiger partial charge on any atom is 0.0496 e. The zero-order valence-electron chi connectivity index (χ0n) is 10.6. The molecule has 0 heterocycles. The molecule has 15 heavy (non-hydrogen) atoms. The number of hydrogen-bond acceptors (Lipinski definition) is 2. The highest BCUT2D eigenvalue weighted by molar-refractivity contribution is 4.94. The summed E-state index contributed by atoms with van der Waals surface area (Å²) in [5.74, 6) is 0. The van der Waals surface area contributed by atoms with Gasteiger partial charge in [0.25, 0.3) is 0 Å². The largest absolute Gasteiger partial charge is 0.396 e. The van der Waals surface area contributed by atoms with Gasteiger partial charge in [-0.3, -0.25) is 0 Å². The molecule has 2 N–H and O–H groups in total. The van der Waals surface area contributed by atoms with Crippen molar-refractivity contribution in [1.29, 1.82) is 0 Å². The van der Waals surface area contributed by atoms with Crippen LogP contribution in [0.25, 0.3) is 0 Å². The van der Waals surface area contributed by atoms with Gasteiger partial charge in [0, 0.05) is 25.1 Å². The average molecular weight is 213 g/mol. The Balaban J connectivity index is 2.21. The quantitative estimate of drug-likeness (QED) is 0.649. The van der Waals surface area contributed by atoms with E-state index in [4.69, 9.17) is 0 Å². The second-order valence-corrected chi connectivity index (χ2v) is 5.68. The van der Waals surface area contributed by atoms with Gasteiger partial charge in [-0.25, -0.2) is 0 Å². The van der Waals surface area contributed by atoms with Crippen LogP contribution in [0.5, 0.6) is 0 Å². The van der Waals surface area contributed by atoms with Crippen molar-refractivity contribution >= 4 is 0 Å². The van der Waals surface area contributed by atoms with Gasteiger partial charge in [-0.2, -0.15) is 0 Å². The Hall–Kier alpha value is -0.0800. The van der Waals surface area contributed by atoms with Crippen LogP contribution in [0.15, 0.2) is 0 Å². The van der Waals surface area contributed by atoms with Crippen molar-refractivity contribution in [2.45, 2.75) is 52.9 Å². The van der Waals surface area contributed by atoms with Crippen LogP contribution >= 0.6 is 0 Å². The van der Waals surface area contributed by atoms with Crippen LogP contribution in [0.4, 0.5) is 0 Å². The second kappa shape index (κ2) is 5.31. The Labute approximate surface area is 94.5 Å². The van der Waals surface area contributed by atoms with Gasteiger partial charge in [-0.1, -0.05) is 27.2 Å². The van der Waals surface area contributed by atoms with Gasteiger partial charge in [0.05, 0.1) is 0 Å². The van der Waals surface area contributed by atoms with E-state index in [9.17, 15) is 5.11 Å². The van der Waals surface area contributed by atoms with Crippen molar-refractivity contribution in [3.05, 3.63) is 0 Å². The molecule has 1 saturated carbocycles. The second-order valence-electron chi connectivity index (χ2n) is 5.68. The highest BCUT2D eigenvalue weighted by atomic mass is 16.3. The van der Waals surface area contributed by atoms with Gasteiger partial charge >= 0.3 is 0 Å². The van der Waals surface area contributed by atoms with Gasteiger partial charge in [-0.15, -0.1) is 0 Å². The van der Waals surface area contributed by atoms with Gasteiger partial charge in [0.2, 0.25) is 0 Å². The summed E-state index contributed by atoms with van der Waals surface area (Å²) in [6.07, 6.45) is 6.50. The zero-order chi connectivity index (χ0) is 11.4. The molecule has 0 spiro atoms. The lowest BCUT2D eigenvalue weighted by molar-refractivity contribution is 0.133. The minimum absolute atomic E-state index is 0.0717. The SMILES string of the molecule is CCCC1(CNCC(C)(CC)CO)CC1. The third-order valence-electron chi connectivity index (χ3n) is 4.02. The Morgan fingerprint density at radius 1 is 1.33 bits per heavy atom. The van der Waals surface area contributed by atoms with Gasteiger partial charge < -0.3 is 10.4 Å². The van der Waals surface area contributed by atoms with E-state index >= 15 is 0 Å². The van der Waals surface area contributed by atoms with Crippen LogP contribution in [0.1, 0.15) is 52.9 Å². The molecule has 0 aromatic carbocycles. The third kappa shape index (κ3) is 3.76. The summed E-state index contributed by atoms with van der Waals surface area (Å²) >= 11 is 0. The van der Waals surface area contributed by atoms with Crippen molar-refractivity contribution in [3.63, 3.8) is 0 Å². The van der Waals surface area contributed by atoms with E-state index in [-0.39, 0.29) is 12.0 Å². The van der Waals surface area contributed by atoms with Crippen LogP contribution < -0.4 is 5.32 Å². The van der Waals surface area contributed by atoms with Crippen LogP contribution in [0, 0.1) is 10.8 Å². The monoisotopic (exact) mass is 213 g/mol. The van der Waals surface area contributed by atoms with E-state index in [0.717, 1.165) is 19.5 Å². The van der Waals surface area contributed by atoms with E-state index in [2.05, 4.69) is 26.1 Å². The fourth-order valence-corrected chi connectivity index (χ4v) is 2.14. The predicted octanol–water partition coefficient (Wildman–Crippen LogP) is 2.56. The third-order valence-corrected chi connectivity index (χ3v) is 4.02. The van der Waals surface area contributed by atoms with E-state index in [1.165, 1.54) is 25.7 Å². The maximum absolute atomic E-state index is 9.29. The van der Waals surface area contributed by atoms with E-state index in [1.807, 2.05) is 0 Å². The normalized spacial score (nSPS) is 22.4. The summed E-state index contributed by atoms with van der Waals surface area (Å²) in [5, 5.41) is 12.8. The molecule has 2 nitrogen and oxygen atoms in total.